The summed E-state index contributed by atoms with van der Waals surface area (Å²) < 4.78 is 29.7. The van der Waals surface area contributed by atoms with Crippen LogP contribution in [0.1, 0.15) is 210 Å². The topological polar surface area (TPSA) is 36.9 Å². The van der Waals surface area contributed by atoms with Gasteiger partial charge in [0.25, 0.3) is 0 Å². The zero-order valence-electron chi connectivity index (χ0n) is 58.6. The SMILES string of the molecule is CCCC1CCC(C2COc3ccc4ccccc4c3-c3c(ccc4c(-c5cccc6c7c(ccc56)OCC(C5CCC(C6CCCC6)CC5)COc5cc(C6CC(CCC)CCC6C6CCC(c8ccc(CC(C)CC)cc8)CC6)c6ccccc6c5-7)cccc34)OC2)CC1. The van der Waals surface area contributed by atoms with Gasteiger partial charge in [-0.25, -0.2) is 0 Å². The molecule has 7 aliphatic rings. The van der Waals surface area contributed by atoms with Crippen molar-refractivity contribution in [1.82, 2.24) is 0 Å². The molecule has 4 nitrogen and oxygen atoms in total. The Bertz CT molecular complexity index is 4160. The minimum atomic E-state index is 0.306. The molecule has 0 amide bonds. The third kappa shape index (κ3) is 12.7. The van der Waals surface area contributed by atoms with Gasteiger partial charge in [0, 0.05) is 34.1 Å². The Morgan fingerprint density at radius 1 is 0.375 bits per heavy atom. The molecule has 5 aliphatic carbocycles. The van der Waals surface area contributed by atoms with Crippen LogP contribution in [0.2, 0.25) is 0 Å². The largest absolute Gasteiger partial charge is 0.492 e. The molecule has 0 spiro atoms. The van der Waals surface area contributed by atoms with Crippen molar-refractivity contribution in [3.8, 4) is 56.4 Å². The van der Waals surface area contributed by atoms with E-state index in [1.165, 1.54) is 231 Å². The molecule has 9 aromatic carbocycles. The highest BCUT2D eigenvalue weighted by molar-refractivity contribution is 6.17. The summed E-state index contributed by atoms with van der Waals surface area (Å²) in [7, 11) is 0. The van der Waals surface area contributed by atoms with E-state index < -0.39 is 0 Å². The maximum Gasteiger partial charge on any atom is 0.128 e. The van der Waals surface area contributed by atoms with E-state index in [4.69, 9.17) is 18.9 Å². The van der Waals surface area contributed by atoms with E-state index in [-0.39, 0.29) is 0 Å². The lowest BCUT2D eigenvalue weighted by molar-refractivity contribution is 0.0892. The van der Waals surface area contributed by atoms with Crippen LogP contribution in [0.25, 0.3) is 76.5 Å². The molecular formula is C92H108O4. The van der Waals surface area contributed by atoms with Crippen molar-refractivity contribution in [3.05, 3.63) is 168 Å². The van der Waals surface area contributed by atoms with Crippen molar-refractivity contribution < 1.29 is 18.9 Å². The van der Waals surface area contributed by atoms with E-state index in [1.807, 2.05) is 0 Å². The van der Waals surface area contributed by atoms with Crippen LogP contribution in [-0.4, -0.2) is 26.4 Å². The van der Waals surface area contributed by atoms with Crippen molar-refractivity contribution in [3.63, 3.8) is 0 Å². The Morgan fingerprint density at radius 2 is 0.844 bits per heavy atom. The monoisotopic (exact) mass is 1280 g/mol. The summed E-state index contributed by atoms with van der Waals surface area (Å²) >= 11 is 0. The van der Waals surface area contributed by atoms with Gasteiger partial charge in [-0.1, -0.05) is 232 Å². The van der Waals surface area contributed by atoms with E-state index in [2.05, 4.69) is 179 Å². The molecular weight excluding hydrogens is 1170 g/mol. The van der Waals surface area contributed by atoms with Crippen molar-refractivity contribution in [2.24, 2.45) is 65.1 Å². The lowest BCUT2D eigenvalue weighted by Gasteiger charge is -2.44. The van der Waals surface area contributed by atoms with Gasteiger partial charge in [-0.2, -0.15) is 0 Å². The minimum absolute atomic E-state index is 0.306. The summed E-state index contributed by atoms with van der Waals surface area (Å²) in [5.74, 6) is 12.5. The first-order valence-corrected chi connectivity index (χ1v) is 39.2. The maximum absolute atomic E-state index is 7.76. The molecule has 2 aliphatic heterocycles. The van der Waals surface area contributed by atoms with Crippen LogP contribution < -0.4 is 18.9 Å². The van der Waals surface area contributed by atoms with Gasteiger partial charge >= 0.3 is 0 Å². The van der Waals surface area contributed by atoms with Crippen molar-refractivity contribution in [1.29, 1.82) is 0 Å². The zero-order chi connectivity index (χ0) is 64.6. The van der Waals surface area contributed by atoms with E-state index >= 15 is 0 Å². The maximum atomic E-state index is 7.76. The van der Waals surface area contributed by atoms with Gasteiger partial charge in [-0.15, -0.1) is 0 Å². The number of ether oxygens (including phenoxy) is 4. The molecule has 6 atom stereocenters. The Balaban J connectivity index is 0.802. The Hall–Kier alpha value is -6.78. The predicted molar refractivity (Wildman–Crippen MR) is 402 cm³/mol. The molecule has 0 radical (unpaired) electrons. The molecule has 9 aromatic rings. The highest BCUT2D eigenvalue weighted by atomic mass is 16.5. The van der Waals surface area contributed by atoms with Gasteiger partial charge in [0.1, 0.15) is 23.0 Å². The fourth-order valence-corrected chi connectivity index (χ4v) is 21.1. The smallest absolute Gasteiger partial charge is 0.128 e. The molecule has 0 N–H and O–H groups in total. The summed E-state index contributed by atoms with van der Waals surface area (Å²) in [5.41, 5.74) is 11.7. The normalized spacial score (nSPS) is 26.8. The number of benzene rings is 9. The van der Waals surface area contributed by atoms with E-state index in [0.717, 1.165) is 69.6 Å². The Kier molecular flexibility index (Phi) is 19.0. The van der Waals surface area contributed by atoms with Crippen LogP contribution in [0.3, 0.4) is 0 Å². The molecule has 0 bridgehead atoms. The molecule has 96 heavy (non-hydrogen) atoms. The Labute approximate surface area is 575 Å². The van der Waals surface area contributed by atoms with Crippen LogP contribution in [-0.2, 0) is 6.42 Å². The van der Waals surface area contributed by atoms with E-state index in [9.17, 15) is 0 Å². The zero-order valence-corrected chi connectivity index (χ0v) is 58.6. The standard InChI is InChI=1S/C92H108O4/c1-5-16-60-28-33-67(34-29-60)71-55-93-85-49-45-69-20-10-11-21-74(69)89(85)90-81-26-14-24-75(78(81)47-50-86(90)94-56-71)76-25-15-27-82-79(76)48-51-87-91(82)92-80-23-13-12-22-77(80)84(54-88(92)96-58-72(57-95-87)68-39-37-65(38-40-68)63-18-8-9-19-63)83-53-61(17-6-2)32-46-73(83)70-43-41-66(42-44-70)64-35-30-62(31-36-64)52-59(4)7-3/h10-15,20-27,30-31,35-36,45,47-51,54,59-61,63,65-68,70-73,83H,5-9,16-19,28-29,32-34,37-44,46,52-53,55-58H2,1-4H3. The van der Waals surface area contributed by atoms with Gasteiger partial charge in [-0.05, 0) is 244 Å². The second-order valence-electron chi connectivity index (χ2n) is 32.1. The van der Waals surface area contributed by atoms with Crippen molar-refractivity contribution >= 4 is 43.1 Å². The Morgan fingerprint density at radius 3 is 1.45 bits per heavy atom. The van der Waals surface area contributed by atoms with Crippen LogP contribution in [0.5, 0.6) is 23.0 Å². The average Bonchev–Trinajstić information content (AvgIpc) is 0.963. The fourth-order valence-electron chi connectivity index (χ4n) is 21.1. The second-order valence-corrected chi connectivity index (χ2v) is 32.1. The van der Waals surface area contributed by atoms with E-state index in [0.29, 0.717) is 67.9 Å². The van der Waals surface area contributed by atoms with Gasteiger partial charge in [-0.3, -0.25) is 0 Å². The molecule has 4 heteroatoms. The first-order chi connectivity index (χ1) is 47.4. The lowest BCUT2D eigenvalue weighted by Crippen LogP contribution is -2.32. The third-order valence-corrected chi connectivity index (χ3v) is 26.6. The molecule has 0 saturated heterocycles. The molecule has 2 heterocycles. The summed E-state index contributed by atoms with van der Waals surface area (Å²) in [6.45, 7) is 12.1. The molecule has 5 fully saturated rings. The predicted octanol–water partition coefficient (Wildman–Crippen LogP) is 25.5. The highest BCUT2D eigenvalue weighted by Gasteiger charge is 2.41. The van der Waals surface area contributed by atoms with E-state index in [1.54, 1.807) is 11.1 Å². The second kappa shape index (κ2) is 28.6. The van der Waals surface area contributed by atoms with Crippen molar-refractivity contribution in [2.75, 3.05) is 26.4 Å². The summed E-state index contributed by atoms with van der Waals surface area (Å²) in [4.78, 5) is 0. The van der Waals surface area contributed by atoms with Crippen LogP contribution in [0.15, 0.2) is 152 Å². The first kappa shape index (κ1) is 63.9. The number of fused-ring (bicyclic) bond motifs is 14. The van der Waals surface area contributed by atoms with Crippen LogP contribution in [0, 0.1) is 65.1 Å². The lowest BCUT2D eigenvalue weighted by atomic mass is 9.61. The first-order valence-electron chi connectivity index (χ1n) is 39.2. The molecule has 0 aromatic heterocycles. The fraction of sp³-hybridized carbons (Fsp3) is 0.500. The summed E-state index contributed by atoms with van der Waals surface area (Å²) in [6, 6.07) is 58.9. The van der Waals surface area contributed by atoms with Gasteiger partial charge in [0.2, 0.25) is 0 Å². The van der Waals surface area contributed by atoms with Crippen LogP contribution in [0.4, 0.5) is 0 Å². The molecule has 5 saturated carbocycles. The van der Waals surface area contributed by atoms with Crippen LogP contribution >= 0.6 is 0 Å². The molecule has 16 rings (SSSR count). The highest BCUT2D eigenvalue weighted by Crippen LogP contribution is 2.57. The number of hydrogen-bond donors (Lipinski definition) is 0. The quantitative estimate of drug-likeness (QED) is 0.109. The number of rotatable bonds is 14. The summed E-state index contributed by atoms with van der Waals surface area (Å²) in [5, 5.41) is 9.96. The average molecular weight is 1280 g/mol. The minimum Gasteiger partial charge on any atom is -0.492 e. The van der Waals surface area contributed by atoms with Gasteiger partial charge < -0.3 is 18.9 Å². The summed E-state index contributed by atoms with van der Waals surface area (Å²) in [6.07, 6.45) is 33.0. The van der Waals surface area contributed by atoms with Gasteiger partial charge in [0.15, 0.2) is 0 Å². The number of hydrogen-bond acceptors (Lipinski definition) is 4. The van der Waals surface area contributed by atoms with Gasteiger partial charge in [0.05, 0.1) is 26.4 Å². The third-order valence-electron chi connectivity index (χ3n) is 26.6. The molecule has 6 unspecified atom stereocenters. The van der Waals surface area contributed by atoms with Crippen molar-refractivity contribution in [2.45, 2.75) is 200 Å². The molecule has 500 valence electrons.